The molecule has 2 rings (SSSR count). The molecule has 0 saturated carbocycles. The lowest BCUT2D eigenvalue weighted by molar-refractivity contribution is 0.0950. The minimum absolute atomic E-state index is 0.132. The van der Waals surface area contributed by atoms with Crippen molar-refractivity contribution >= 4 is 16.7 Å². The highest BCUT2D eigenvalue weighted by Gasteiger charge is 2.10. The van der Waals surface area contributed by atoms with Crippen molar-refractivity contribution in [1.82, 2.24) is 5.32 Å². The molecule has 2 nitrogen and oxygen atoms in total. The average molecular weight is 223 g/mol. The SMILES string of the molecule is C#CC(C)NC(=O)c1cccc2ccccc12. The third-order valence-electron chi connectivity index (χ3n) is 2.63. The van der Waals surface area contributed by atoms with Crippen LogP contribution in [0.25, 0.3) is 10.8 Å². The van der Waals surface area contributed by atoms with E-state index in [0.29, 0.717) is 5.56 Å². The zero-order valence-electron chi connectivity index (χ0n) is 9.60. The van der Waals surface area contributed by atoms with E-state index in [1.807, 2.05) is 36.4 Å². The Balaban J connectivity index is 2.42. The highest BCUT2D eigenvalue weighted by Crippen LogP contribution is 2.18. The highest BCUT2D eigenvalue weighted by atomic mass is 16.1. The van der Waals surface area contributed by atoms with Gasteiger partial charge in [-0.15, -0.1) is 6.42 Å². The van der Waals surface area contributed by atoms with Crippen LogP contribution in [0.4, 0.5) is 0 Å². The molecular formula is C15H13NO. The number of rotatable bonds is 2. The number of carbonyl (C=O) groups excluding carboxylic acids is 1. The molecule has 0 aliphatic heterocycles. The zero-order valence-corrected chi connectivity index (χ0v) is 9.60. The molecule has 0 aromatic heterocycles. The predicted octanol–water partition coefficient (Wildman–Crippen LogP) is 2.59. The maximum atomic E-state index is 12.0. The van der Waals surface area contributed by atoms with Crippen molar-refractivity contribution in [1.29, 1.82) is 0 Å². The van der Waals surface area contributed by atoms with Gasteiger partial charge in [-0.3, -0.25) is 4.79 Å². The molecule has 0 spiro atoms. The number of benzene rings is 2. The average Bonchev–Trinajstić information content (AvgIpc) is 2.37. The third kappa shape index (κ3) is 2.29. The summed E-state index contributed by atoms with van der Waals surface area (Å²) >= 11 is 0. The predicted molar refractivity (Wildman–Crippen MR) is 69.7 cm³/mol. The molecule has 2 aromatic carbocycles. The molecule has 0 heterocycles. The van der Waals surface area contributed by atoms with Gasteiger partial charge in [0.25, 0.3) is 5.91 Å². The lowest BCUT2D eigenvalue weighted by Crippen LogP contribution is -2.31. The lowest BCUT2D eigenvalue weighted by Gasteiger charge is -2.09. The maximum Gasteiger partial charge on any atom is 0.252 e. The molecule has 17 heavy (non-hydrogen) atoms. The molecule has 0 aliphatic carbocycles. The van der Waals surface area contributed by atoms with Gasteiger partial charge in [-0.1, -0.05) is 42.3 Å². The second kappa shape index (κ2) is 4.71. The summed E-state index contributed by atoms with van der Waals surface area (Å²) in [4.78, 5) is 12.0. The Morgan fingerprint density at radius 1 is 1.24 bits per heavy atom. The van der Waals surface area contributed by atoms with Crippen LogP contribution in [0.1, 0.15) is 17.3 Å². The molecular weight excluding hydrogens is 210 g/mol. The number of carbonyl (C=O) groups is 1. The van der Waals surface area contributed by atoms with E-state index in [0.717, 1.165) is 10.8 Å². The van der Waals surface area contributed by atoms with E-state index < -0.39 is 0 Å². The first-order chi connectivity index (χ1) is 8.22. The summed E-state index contributed by atoms with van der Waals surface area (Å²) in [6, 6.07) is 13.2. The summed E-state index contributed by atoms with van der Waals surface area (Å²) in [7, 11) is 0. The highest BCUT2D eigenvalue weighted by molar-refractivity contribution is 6.07. The van der Waals surface area contributed by atoms with Crippen LogP contribution < -0.4 is 5.32 Å². The minimum Gasteiger partial charge on any atom is -0.339 e. The van der Waals surface area contributed by atoms with Crippen molar-refractivity contribution in [3.8, 4) is 12.3 Å². The fraction of sp³-hybridized carbons (Fsp3) is 0.133. The first kappa shape index (κ1) is 11.2. The Kier molecular flexibility index (Phi) is 3.11. The topological polar surface area (TPSA) is 29.1 Å². The molecule has 0 saturated heterocycles. The molecule has 1 amide bonds. The number of hydrogen-bond donors (Lipinski definition) is 1. The van der Waals surface area contributed by atoms with Gasteiger partial charge in [0.05, 0.1) is 6.04 Å². The van der Waals surface area contributed by atoms with Crippen molar-refractivity contribution in [2.45, 2.75) is 13.0 Å². The normalized spacial score (nSPS) is 11.8. The van der Waals surface area contributed by atoms with Crippen LogP contribution in [-0.2, 0) is 0 Å². The van der Waals surface area contributed by atoms with Crippen molar-refractivity contribution in [3.05, 3.63) is 48.0 Å². The standard InChI is InChI=1S/C15H13NO/c1-3-11(2)16-15(17)14-10-6-8-12-7-4-5-9-13(12)14/h1,4-11H,2H3,(H,16,17). The second-order valence-corrected chi connectivity index (χ2v) is 3.89. The monoisotopic (exact) mass is 223 g/mol. The van der Waals surface area contributed by atoms with E-state index in [4.69, 9.17) is 6.42 Å². The maximum absolute atomic E-state index is 12.0. The Morgan fingerprint density at radius 3 is 2.71 bits per heavy atom. The van der Waals surface area contributed by atoms with E-state index >= 15 is 0 Å². The lowest BCUT2D eigenvalue weighted by atomic mass is 10.0. The van der Waals surface area contributed by atoms with E-state index in [-0.39, 0.29) is 11.9 Å². The molecule has 2 heteroatoms. The molecule has 0 aliphatic rings. The first-order valence-corrected chi connectivity index (χ1v) is 5.47. The first-order valence-electron chi connectivity index (χ1n) is 5.47. The van der Waals surface area contributed by atoms with Gasteiger partial charge in [-0.2, -0.15) is 0 Å². The Labute approximate surface area is 101 Å². The molecule has 0 radical (unpaired) electrons. The van der Waals surface area contributed by atoms with Gasteiger partial charge in [0.15, 0.2) is 0 Å². The Bertz CT molecular complexity index is 590. The second-order valence-electron chi connectivity index (χ2n) is 3.89. The van der Waals surface area contributed by atoms with Crippen LogP contribution in [0.15, 0.2) is 42.5 Å². The Hall–Kier alpha value is -2.27. The quantitative estimate of drug-likeness (QED) is 0.779. The minimum atomic E-state index is -0.263. The summed E-state index contributed by atoms with van der Waals surface area (Å²) in [6.07, 6.45) is 5.25. The third-order valence-corrected chi connectivity index (χ3v) is 2.63. The largest absolute Gasteiger partial charge is 0.339 e. The van der Waals surface area contributed by atoms with Gasteiger partial charge in [0.2, 0.25) is 0 Å². The van der Waals surface area contributed by atoms with Gasteiger partial charge >= 0.3 is 0 Å². The molecule has 0 fully saturated rings. The van der Waals surface area contributed by atoms with E-state index in [1.165, 1.54) is 0 Å². The molecule has 2 aromatic rings. The zero-order chi connectivity index (χ0) is 12.3. The number of amides is 1. The van der Waals surface area contributed by atoms with Crippen LogP contribution in [0.2, 0.25) is 0 Å². The summed E-state index contributed by atoms with van der Waals surface area (Å²) in [5, 5.41) is 4.75. The fourth-order valence-electron chi connectivity index (χ4n) is 1.74. The van der Waals surface area contributed by atoms with Crippen LogP contribution >= 0.6 is 0 Å². The molecule has 0 bridgehead atoms. The van der Waals surface area contributed by atoms with Crippen LogP contribution in [0, 0.1) is 12.3 Å². The summed E-state index contributed by atoms with van der Waals surface area (Å²) in [5.74, 6) is 2.35. The van der Waals surface area contributed by atoms with Crippen molar-refractivity contribution in [3.63, 3.8) is 0 Å². The number of terminal acetylenes is 1. The van der Waals surface area contributed by atoms with Crippen molar-refractivity contribution in [2.75, 3.05) is 0 Å². The van der Waals surface area contributed by atoms with E-state index in [9.17, 15) is 4.79 Å². The van der Waals surface area contributed by atoms with E-state index in [2.05, 4.69) is 11.2 Å². The van der Waals surface area contributed by atoms with Gasteiger partial charge in [0, 0.05) is 5.56 Å². The fourth-order valence-corrected chi connectivity index (χ4v) is 1.74. The Morgan fingerprint density at radius 2 is 1.94 bits per heavy atom. The van der Waals surface area contributed by atoms with E-state index in [1.54, 1.807) is 13.0 Å². The van der Waals surface area contributed by atoms with Crippen LogP contribution in [0.5, 0.6) is 0 Å². The smallest absolute Gasteiger partial charge is 0.252 e. The van der Waals surface area contributed by atoms with Gasteiger partial charge in [-0.05, 0) is 23.8 Å². The summed E-state index contributed by atoms with van der Waals surface area (Å²) in [5.41, 5.74) is 0.658. The summed E-state index contributed by atoms with van der Waals surface area (Å²) < 4.78 is 0. The molecule has 1 atom stereocenters. The number of hydrogen-bond acceptors (Lipinski definition) is 1. The molecule has 1 N–H and O–H groups in total. The molecule has 1 unspecified atom stereocenters. The van der Waals surface area contributed by atoms with Gasteiger partial charge in [0.1, 0.15) is 0 Å². The summed E-state index contributed by atoms with van der Waals surface area (Å²) in [6.45, 7) is 1.78. The van der Waals surface area contributed by atoms with Gasteiger partial charge in [-0.25, -0.2) is 0 Å². The molecule has 84 valence electrons. The number of fused-ring (bicyclic) bond motifs is 1. The number of nitrogens with one attached hydrogen (secondary N) is 1. The van der Waals surface area contributed by atoms with Crippen LogP contribution in [-0.4, -0.2) is 11.9 Å². The van der Waals surface area contributed by atoms with Crippen molar-refractivity contribution in [2.24, 2.45) is 0 Å². The van der Waals surface area contributed by atoms with Crippen LogP contribution in [0.3, 0.4) is 0 Å². The van der Waals surface area contributed by atoms with Crippen molar-refractivity contribution < 1.29 is 4.79 Å². The van der Waals surface area contributed by atoms with Gasteiger partial charge < -0.3 is 5.32 Å².